The van der Waals surface area contributed by atoms with E-state index >= 15 is 0 Å². The number of anilines is 1. The Kier molecular flexibility index (Phi) is 4.60. The summed E-state index contributed by atoms with van der Waals surface area (Å²) in [6.45, 7) is 0.726. The fraction of sp³-hybridized carbons (Fsp3) is 0.188. The number of ether oxygens (including phenoxy) is 1. The van der Waals surface area contributed by atoms with E-state index in [1.54, 1.807) is 26.3 Å². The minimum Gasteiger partial charge on any atom is -0.497 e. The molecule has 2 rings (SSSR count). The molecule has 1 amide bonds. The summed E-state index contributed by atoms with van der Waals surface area (Å²) in [5, 5.41) is 5.91. The van der Waals surface area contributed by atoms with Crippen molar-refractivity contribution in [3.8, 4) is 5.75 Å². The molecule has 2 aromatic carbocycles. The van der Waals surface area contributed by atoms with Crippen LogP contribution in [0.5, 0.6) is 5.75 Å². The number of carbonyl (C=O) groups is 1. The first-order valence-corrected chi connectivity index (χ1v) is 6.42. The summed E-state index contributed by atoms with van der Waals surface area (Å²) >= 11 is 0. The van der Waals surface area contributed by atoms with Crippen molar-refractivity contribution in [2.75, 3.05) is 19.5 Å². The van der Waals surface area contributed by atoms with Gasteiger partial charge in [-0.2, -0.15) is 0 Å². The van der Waals surface area contributed by atoms with Crippen molar-refractivity contribution in [2.24, 2.45) is 0 Å². The van der Waals surface area contributed by atoms with Crippen molar-refractivity contribution in [1.82, 2.24) is 5.32 Å². The first-order valence-electron chi connectivity index (χ1n) is 6.42. The highest BCUT2D eigenvalue weighted by molar-refractivity contribution is 5.94. The van der Waals surface area contributed by atoms with Gasteiger partial charge in [0.25, 0.3) is 5.91 Å². The Labute approximate surface area is 118 Å². The Morgan fingerprint density at radius 2 is 1.70 bits per heavy atom. The summed E-state index contributed by atoms with van der Waals surface area (Å²) in [4.78, 5) is 11.4. The maximum absolute atomic E-state index is 11.4. The molecule has 0 radical (unpaired) electrons. The quantitative estimate of drug-likeness (QED) is 0.878. The van der Waals surface area contributed by atoms with Crippen LogP contribution in [-0.4, -0.2) is 20.1 Å². The van der Waals surface area contributed by atoms with Crippen LogP contribution in [0.4, 0.5) is 5.69 Å². The molecule has 20 heavy (non-hydrogen) atoms. The van der Waals surface area contributed by atoms with Gasteiger partial charge in [-0.05, 0) is 42.0 Å². The summed E-state index contributed by atoms with van der Waals surface area (Å²) in [6.07, 6.45) is 0. The molecule has 4 nitrogen and oxygen atoms in total. The number of hydrogen-bond donors (Lipinski definition) is 2. The van der Waals surface area contributed by atoms with E-state index in [1.807, 2.05) is 36.4 Å². The van der Waals surface area contributed by atoms with Crippen LogP contribution in [-0.2, 0) is 6.54 Å². The molecular formula is C16H18N2O2. The molecule has 104 valence electrons. The van der Waals surface area contributed by atoms with Crippen molar-refractivity contribution in [3.63, 3.8) is 0 Å². The van der Waals surface area contributed by atoms with E-state index in [9.17, 15) is 4.79 Å². The monoisotopic (exact) mass is 270 g/mol. The fourth-order valence-electron chi connectivity index (χ4n) is 1.83. The molecule has 0 aliphatic carbocycles. The standard InChI is InChI=1S/C16H18N2O2/c1-17-16(19)13-5-7-14(8-6-13)18-11-12-3-9-15(20-2)10-4-12/h3-10,18H,11H2,1-2H3,(H,17,19). The molecule has 0 aliphatic rings. The molecule has 0 aliphatic heterocycles. The van der Waals surface area contributed by atoms with Crippen LogP contribution in [0, 0.1) is 0 Å². The zero-order valence-corrected chi connectivity index (χ0v) is 11.6. The van der Waals surface area contributed by atoms with Crippen molar-refractivity contribution >= 4 is 11.6 Å². The fourth-order valence-corrected chi connectivity index (χ4v) is 1.83. The highest BCUT2D eigenvalue weighted by Gasteiger charge is 2.02. The number of benzene rings is 2. The molecule has 0 unspecified atom stereocenters. The van der Waals surface area contributed by atoms with E-state index in [4.69, 9.17) is 4.74 Å². The van der Waals surface area contributed by atoms with Gasteiger partial charge in [-0.25, -0.2) is 0 Å². The zero-order chi connectivity index (χ0) is 14.4. The molecular weight excluding hydrogens is 252 g/mol. The van der Waals surface area contributed by atoms with Crippen molar-refractivity contribution in [1.29, 1.82) is 0 Å². The minimum atomic E-state index is -0.0771. The molecule has 0 fully saturated rings. The molecule has 0 aromatic heterocycles. The second kappa shape index (κ2) is 6.61. The lowest BCUT2D eigenvalue weighted by Crippen LogP contribution is -2.17. The van der Waals surface area contributed by atoms with Crippen LogP contribution in [0.3, 0.4) is 0 Å². The van der Waals surface area contributed by atoms with Crippen LogP contribution < -0.4 is 15.4 Å². The Morgan fingerprint density at radius 3 is 2.25 bits per heavy atom. The van der Waals surface area contributed by atoms with Gasteiger partial charge in [0.2, 0.25) is 0 Å². The third-order valence-corrected chi connectivity index (χ3v) is 3.03. The summed E-state index contributed by atoms with van der Waals surface area (Å²) in [6, 6.07) is 15.3. The topological polar surface area (TPSA) is 50.4 Å². The second-order valence-corrected chi connectivity index (χ2v) is 4.36. The maximum atomic E-state index is 11.4. The van der Waals surface area contributed by atoms with E-state index in [0.717, 1.165) is 18.0 Å². The van der Waals surface area contributed by atoms with Gasteiger partial charge in [0.1, 0.15) is 5.75 Å². The van der Waals surface area contributed by atoms with Gasteiger partial charge >= 0.3 is 0 Å². The Morgan fingerprint density at radius 1 is 1.05 bits per heavy atom. The van der Waals surface area contributed by atoms with Crippen LogP contribution in [0.15, 0.2) is 48.5 Å². The lowest BCUT2D eigenvalue weighted by atomic mass is 10.2. The Hall–Kier alpha value is -2.49. The van der Waals surface area contributed by atoms with E-state index in [0.29, 0.717) is 5.56 Å². The van der Waals surface area contributed by atoms with E-state index in [-0.39, 0.29) is 5.91 Å². The summed E-state index contributed by atoms with van der Waals surface area (Å²) in [5.74, 6) is 0.774. The number of nitrogens with one attached hydrogen (secondary N) is 2. The number of rotatable bonds is 5. The third kappa shape index (κ3) is 3.51. The van der Waals surface area contributed by atoms with Crippen LogP contribution in [0.25, 0.3) is 0 Å². The van der Waals surface area contributed by atoms with Gasteiger partial charge in [0, 0.05) is 24.8 Å². The van der Waals surface area contributed by atoms with Crippen LogP contribution in [0.2, 0.25) is 0 Å². The molecule has 0 heterocycles. The van der Waals surface area contributed by atoms with Gasteiger partial charge < -0.3 is 15.4 Å². The normalized spacial score (nSPS) is 9.90. The smallest absolute Gasteiger partial charge is 0.251 e. The van der Waals surface area contributed by atoms with Gasteiger partial charge in [-0.1, -0.05) is 12.1 Å². The molecule has 0 saturated carbocycles. The SMILES string of the molecule is CNC(=O)c1ccc(NCc2ccc(OC)cc2)cc1. The van der Waals surface area contributed by atoms with E-state index < -0.39 is 0 Å². The molecule has 0 saturated heterocycles. The summed E-state index contributed by atoms with van der Waals surface area (Å²) < 4.78 is 5.12. The van der Waals surface area contributed by atoms with E-state index in [1.165, 1.54) is 5.56 Å². The lowest BCUT2D eigenvalue weighted by Gasteiger charge is -2.08. The molecule has 2 N–H and O–H groups in total. The highest BCUT2D eigenvalue weighted by atomic mass is 16.5. The average Bonchev–Trinajstić information content (AvgIpc) is 2.53. The zero-order valence-electron chi connectivity index (χ0n) is 11.6. The number of hydrogen-bond acceptors (Lipinski definition) is 3. The molecule has 4 heteroatoms. The van der Waals surface area contributed by atoms with Gasteiger partial charge in [-0.15, -0.1) is 0 Å². The number of amides is 1. The van der Waals surface area contributed by atoms with Crippen molar-refractivity contribution in [2.45, 2.75) is 6.54 Å². The molecule has 2 aromatic rings. The molecule has 0 spiro atoms. The average molecular weight is 270 g/mol. The van der Waals surface area contributed by atoms with Crippen LogP contribution >= 0.6 is 0 Å². The van der Waals surface area contributed by atoms with Crippen LogP contribution in [0.1, 0.15) is 15.9 Å². The van der Waals surface area contributed by atoms with Crippen molar-refractivity contribution in [3.05, 3.63) is 59.7 Å². The third-order valence-electron chi connectivity index (χ3n) is 3.03. The van der Waals surface area contributed by atoms with E-state index in [2.05, 4.69) is 10.6 Å². The Balaban J connectivity index is 1.94. The summed E-state index contributed by atoms with van der Waals surface area (Å²) in [7, 11) is 3.28. The minimum absolute atomic E-state index is 0.0771. The maximum Gasteiger partial charge on any atom is 0.251 e. The molecule has 0 bridgehead atoms. The Bertz CT molecular complexity index is 562. The largest absolute Gasteiger partial charge is 0.497 e. The predicted octanol–water partition coefficient (Wildman–Crippen LogP) is 2.67. The number of methoxy groups -OCH3 is 1. The first-order chi connectivity index (χ1) is 9.72. The highest BCUT2D eigenvalue weighted by Crippen LogP contribution is 2.14. The summed E-state index contributed by atoms with van der Waals surface area (Å²) in [5.41, 5.74) is 2.80. The first kappa shape index (κ1) is 13.9. The molecule has 0 atom stereocenters. The second-order valence-electron chi connectivity index (χ2n) is 4.36. The van der Waals surface area contributed by atoms with Crippen molar-refractivity contribution < 1.29 is 9.53 Å². The van der Waals surface area contributed by atoms with Gasteiger partial charge in [0.15, 0.2) is 0 Å². The lowest BCUT2D eigenvalue weighted by molar-refractivity contribution is 0.0963. The van der Waals surface area contributed by atoms with Gasteiger partial charge in [-0.3, -0.25) is 4.79 Å². The predicted molar refractivity (Wildman–Crippen MR) is 80.2 cm³/mol. The van der Waals surface area contributed by atoms with Gasteiger partial charge in [0.05, 0.1) is 7.11 Å². The number of carbonyl (C=O) groups excluding carboxylic acids is 1.